The molecule has 36 heavy (non-hydrogen) atoms. The molecule has 0 aliphatic carbocycles. The van der Waals surface area contributed by atoms with E-state index in [9.17, 15) is 9.59 Å². The molecule has 1 amide bonds. The van der Waals surface area contributed by atoms with Crippen LogP contribution in [0.25, 0.3) is 21.8 Å². The Kier molecular flexibility index (Phi) is 6.36. The number of hydrogen-bond donors (Lipinski definition) is 1. The van der Waals surface area contributed by atoms with Crippen LogP contribution < -0.4 is 20.3 Å². The number of aromatic nitrogens is 4. The van der Waals surface area contributed by atoms with Crippen molar-refractivity contribution in [1.82, 2.24) is 24.6 Å². The van der Waals surface area contributed by atoms with Crippen molar-refractivity contribution in [2.45, 2.75) is 13.1 Å². The van der Waals surface area contributed by atoms with Crippen LogP contribution in [0.4, 0.5) is 0 Å². The summed E-state index contributed by atoms with van der Waals surface area (Å²) in [7, 11) is 3.06. The van der Waals surface area contributed by atoms with Crippen LogP contribution in [0.5, 0.6) is 11.5 Å². The Bertz CT molecular complexity index is 1620. The fraction of sp³-hybridized carbons (Fsp3) is 0.185. The molecule has 0 unspecified atom stereocenters. The van der Waals surface area contributed by atoms with Gasteiger partial charge in [-0.05, 0) is 34.5 Å². The number of ether oxygens (including phenoxy) is 2. The lowest BCUT2D eigenvalue weighted by atomic mass is 10.0. The summed E-state index contributed by atoms with van der Waals surface area (Å²) in [5.41, 5.74) is 1.82. The van der Waals surface area contributed by atoms with E-state index in [0.29, 0.717) is 47.7 Å². The molecule has 1 N–H and O–H groups in total. The average Bonchev–Trinajstić information content (AvgIpc) is 3.33. The highest BCUT2D eigenvalue weighted by molar-refractivity contribution is 5.94. The smallest absolute Gasteiger partial charge is 0.264 e. The lowest BCUT2D eigenvalue weighted by molar-refractivity contribution is 0.0951. The molecule has 0 bridgehead atoms. The zero-order valence-corrected chi connectivity index (χ0v) is 20.0. The Morgan fingerprint density at radius 2 is 1.78 bits per heavy atom. The summed E-state index contributed by atoms with van der Waals surface area (Å²) in [4.78, 5) is 30.2. The summed E-state index contributed by atoms with van der Waals surface area (Å²) in [6, 6.07) is 19.1. The second-order valence-electron chi connectivity index (χ2n) is 8.25. The molecule has 0 aliphatic rings. The lowest BCUT2D eigenvalue weighted by Gasteiger charge is -2.10. The van der Waals surface area contributed by atoms with Gasteiger partial charge in [-0.2, -0.15) is 5.10 Å². The Morgan fingerprint density at radius 1 is 0.972 bits per heavy atom. The van der Waals surface area contributed by atoms with E-state index in [-0.39, 0.29) is 11.5 Å². The van der Waals surface area contributed by atoms with E-state index >= 15 is 0 Å². The normalized spacial score (nSPS) is 11.1. The Balaban J connectivity index is 1.30. The monoisotopic (exact) mass is 483 g/mol. The van der Waals surface area contributed by atoms with Crippen molar-refractivity contribution >= 4 is 27.7 Å². The lowest BCUT2D eigenvalue weighted by Crippen LogP contribution is -2.28. The molecule has 0 saturated heterocycles. The van der Waals surface area contributed by atoms with Crippen molar-refractivity contribution in [1.29, 1.82) is 0 Å². The first kappa shape index (κ1) is 23.1. The zero-order chi connectivity index (χ0) is 25.1. The minimum absolute atomic E-state index is 0.159. The molecule has 5 rings (SSSR count). The van der Waals surface area contributed by atoms with Gasteiger partial charge in [0.25, 0.3) is 11.5 Å². The molecular formula is C27H25N5O4. The van der Waals surface area contributed by atoms with E-state index in [1.165, 1.54) is 13.3 Å². The third-order valence-corrected chi connectivity index (χ3v) is 6.10. The van der Waals surface area contributed by atoms with E-state index in [0.717, 1.165) is 16.3 Å². The van der Waals surface area contributed by atoms with Crippen molar-refractivity contribution in [2.24, 2.45) is 0 Å². The molecule has 0 radical (unpaired) electrons. The molecule has 2 heterocycles. The van der Waals surface area contributed by atoms with Gasteiger partial charge in [-0.1, -0.05) is 42.5 Å². The summed E-state index contributed by atoms with van der Waals surface area (Å²) in [5.74, 6) is 0.777. The topological polar surface area (TPSA) is 100 Å². The van der Waals surface area contributed by atoms with Gasteiger partial charge >= 0.3 is 0 Å². The third-order valence-electron chi connectivity index (χ3n) is 6.10. The van der Waals surface area contributed by atoms with Crippen molar-refractivity contribution in [3.63, 3.8) is 0 Å². The standard InChI is InChI=1S/C27H25N5O4/c1-35-23-11-10-19(14-24(23)36-2)26(33)28-12-13-32-25-22(15-30-32)27(34)31(17-29-25)16-20-8-5-7-18-6-3-4-9-21(18)20/h3-11,14-15,17H,12-13,16H2,1-2H3,(H,28,33). The van der Waals surface area contributed by atoms with Gasteiger partial charge in [0, 0.05) is 12.1 Å². The van der Waals surface area contributed by atoms with Gasteiger partial charge in [-0.3, -0.25) is 14.2 Å². The average molecular weight is 484 g/mol. The Morgan fingerprint density at radius 3 is 2.61 bits per heavy atom. The molecular weight excluding hydrogens is 458 g/mol. The van der Waals surface area contributed by atoms with Crippen molar-refractivity contribution in [3.8, 4) is 11.5 Å². The SMILES string of the molecule is COc1ccc(C(=O)NCCn2ncc3c(=O)n(Cc4cccc5ccccc45)cnc32)cc1OC. The quantitative estimate of drug-likeness (QED) is 0.364. The molecule has 2 aromatic heterocycles. The van der Waals surface area contributed by atoms with Crippen LogP contribution in [0.15, 0.2) is 78.0 Å². The Labute approximate surface area is 206 Å². The highest BCUT2D eigenvalue weighted by Gasteiger charge is 2.13. The number of carbonyl (C=O) groups excluding carboxylic acids is 1. The van der Waals surface area contributed by atoms with E-state index < -0.39 is 0 Å². The van der Waals surface area contributed by atoms with Gasteiger partial charge < -0.3 is 14.8 Å². The molecule has 9 nitrogen and oxygen atoms in total. The maximum absolute atomic E-state index is 13.1. The number of nitrogens with one attached hydrogen (secondary N) is 1. The zero-order valence-electron chi connectivity index (χ0n) is 20.0. The summed E-state index contributed by atoms with van der Waals surface area (Å²) in [6.45, 7) is 1.09. The number of methoxy groups -OCH3 is 2. The summed E-state index contributed by atoms with van der Waals surface area (Å²) >= 11 is 0. The molecule has 9 heteroatoms. The van der Waals surface area contributed by atoms with E-state index in [4.69, 9.17) is 9.47 Å². The summed E-state index contributed by atoms with van der Waals surface area (Å²) in [5, 5.41) is 9.85. The van der Waals surface area contributed by atoms with Crippen LogP contribution in [0.3, 0.4) is 0 Å². The molecule has 0 fully saturated rings. The van der Waals surface area contributed by atoms with Crippen LogP contribution in [0.1, 0.15) is 15.9 Å². The number of amides is 1. The van der Waals surface area contributed by atoms with Gasteiger partial charge in [-0.15, -0.1) is 0 Å². The maximum Gasteiger partial charge on any atom is 0.264 e. The fourth-order valence-electron chi connectivity index (χ4n) is 4.24. The van der Waals surface area contributed by atoms with Crippen LogP contribution in [0.2, 0.25) is 0 Å². The maximum atomic E-state index is 13.1. The van der Waals surface area contributed by atoms with Crippen molar-refractivity contribution in [2.75, 3.05) is 20.8 Å². The molecule has 0 aliphatic heterocycles. The predicted octanol–water partition coefficient (Wildman–Crippen LogP) is 3.24. The minimum Gasteiger partial charge on any atom is -0.493 e. The van der Waals surface area contributed by atoms with E-state index in [1.54, 1.807) is 40.9 Å². The fourth-order valence-corrected chi connectivity index (χ4v) is 4.24. The largest absolute Gasteiger partial charge is 0.493 e. The Hall–Kier alpha value is -4.66. The number of fused-ring (bicyclic) bond motifs is 2. The van der Waals surface area contributed by atoms with Crippen LogP contribution >= 0.6 is 0 Å². The second-order valence-corrected chi connectivity index (χ2v) is 8.25. The van der Waals surface area contributed by atoms with Crippen molar-refractivity contribution in [3.05, 3.63) is 94.7 Å². The van der Waals surface area contributed by atoms with E-state index in [1.807, 2.05) is 24.3 Å². The van der Waals surface area contributed by atoms with Crippen LogP contribution in [-0.4, -0.2) is 46.0 Å². The first-order valence-electron chi connectivity index (χ1n) is 11.5. The third kappa shape index (κ3) is 4.38. The predicted molar refractivity (Wildman–Crippen MR) is 137 cm³/mol. The van der Waals surface area contributed by atoms with Gasteiger partial charge in [-0.25, -0.2) is 9.67 Å². The van der Waals surface area contributed by atoms with Gasteiger partial charge in [0.2, 0.25) is 0 Å². The number of rotatable bonds is 8. The molecule has 3 aromatic carbocycles. The highest BCUT2D eigenvalue weighted by Crippen LogP contribution is 2.27. The number of hydrogen-bond acceptors (Lipinski definition) is 6. The first-order chi connectivity index (χ1) is 17.6. The van der Waals surface area contributed by atoms with Gasteiger partial charge in [0.1, 0.15) is 11.7 Å². The van der Waals surface area contributed by atoms with Crippen molar-refractivity contribution < 1.29 is 14.3 Å². The van der Waals surface area contributed by atoms with Crippen LogP contribution in [-0.2, 0) is 13.1 Å². The van der Waals surface area contributed by atoms with Gasteiger partial charge in [0.15, 0.2) is 17.1 Å². The first-order valence-corrected chi connectivity index (χ1v) is 11.5. The summed E-state index contributed by atoms with van der Waals surface area (Å²) in [6.07, 6.45) is 3.08. The van der Waals surface area contributed by atoms with Crippen LogP contribution in [0, 0.1) is 0 Å². The molecule has 182 valence electrons. The number of nitrogens with zero attached hydrogens (tertiary/aromatic N) is 4. The molecule has 0 spiro atoms. The number of carbonyl (C=O) groups is 1. The molecule has 0 saturated carbocycles. The van der Waals surface area contributed by atoms with Gasteiger partial charge in [0.05, 0.1) is 33.5 Å². The summed E-state index contributed by atoms with van der Waals surface area (Å²) < 4.78 is 13.7. The second kappa shape index (κ2) is 9.91. The molecule has 0 atom stereocenters. The molecule has 5 aromatic rings. The minimum atomic E-state index is -0.252. The number of benzene rings is 3. The van der Waals surface area contributed by atoms with E-state index in [2.05, 4.69) is 33.6 Å². The highest BCUT2D eigenvalue weighted by atomic mass is 16.5.